The van der Waals surface area contributed by atoms with Crippen molar-refractivity contribution in [3.63, 3.8) is 0 Å². The molecule has 0 aromatic heterocycles. The predicted octanol–water partition coefficient (Wildman–Crippen LogP) is 15.8. The first kappa shape index (κ1) is 60.9. The first-order valence-corrected chi connectivity index (χ1v) is 27.2. The number of carbonyl (C=O) groups is 1. The quantitative estimate of drug-likeness (QED) is 0.0214. The number of phosphoric acid groups is 1. The highest BCUT2D eigenvalue weighted by Crippen LogP contribution is 2.43. The van der Waals surface area contributed by atoms with Gasteiger partial charge in [0.25, 0.3) is 0 Å². The van der Waals surface area contributed by atoms with Crippen molar-refractivity contribution in [3.8, 4) is 0 Å². The van der Waals surface area contributed by atoms with Gasteiger partial charge in [0.05, 0.1) is 34.4 Å². The zero-order chi connectivity index (χ0) is 46.2. The van der Waals surface area contributed by atoms with E-state index in [1.165, 1.54) is 103 Å². The average molecular weight is 905 g/mol. The second-order valence-electron chi connectivity index (χ2n) is 18.2. The Kier molecular flexibility index (Phi) is 44.9. The van der Waals surface area contributed by atoms with E-state index in [9.17, 15) is 14.3 Å². The number of allylic oxidation sites excluding steroid dienone is 12. The standard InChI is InChI=1S/C54H98NO7P/c1-6-8-10-12-14-16-18-20-22-24-25-26-27-28-29-30-32-34-36-38-40-42-44-46-49-59-51-53(52-61-63(57,58)60-50-48-55(3,4)5)62-54(56)47-45-43-41-39-37-35-33-31-23-21-19-17-15-13-11-9-7-2/h8,10,14,16,20,22,25-26,28-29,32,34,53H,6-7,9,11-13,15,17-19,21,23-24,27,30-31,33,35-52H2,1-5H3/p+1/b10-8-,16-14-,22-20-,26-25-,29-28-,34-32-. The van der Waals surface area contributed by atoms with Crippen molar-refractivity contribution in [1.29, 1.82) is 0 Å². The van der Waals surface area contributed by atoms with Crippen molar-refractivity contribution in [2.45, 2.75) is 213 Å². The number of carbonyl (C=O) groups excluding carboxylic acids is 1. The minimum Gasteiger partial charge on any atom is -0.457 e. The van der Waals surface area contributed by atoms with Crippen LogP contribution in [0.25, 0.3) is 0 Å². The molecule has 2 atom stereocenters. The van der Waals surface area contributed by atoms with Crippen molar-refractivity contribution in [1.82, 2.24) is 0 Å². The van der Waals surface area contributed by atoms with E-state index in [2.05, 4.69) is 86.8 Å². The van der Waals surface area contributed by atoms with Crippen LogP contribution >= 0.6 is 7.82 Å². The third-order valence-corrected chi connectivity index (χ3v) is 11.8. The van der Waals surface area contributed by atoms with Gasteiger partial charge in [-0.3, -0.25) is 13.8 Å². The van der Waals surface area contributed by atoms with Gasteiger partial charge in [0.2, 0.25) is 0 Å². The van der Waals surface area contributed by atoms with Crippen LogP contribution in [-0.4, -0.2) is 75.6 Å². The molecule has 8 nitrogen and oxygen atoms in total. The van der Waals surface area contributed by atoms with Crippen molar-refractivity contribution < 1.29 is 37.3 Å². The number of hydrogen-bond acceptors (Lipinski definition) is 6. The van der Waals surface area contributed by atoms with Gasteiger partial charge < -0.3 is 18.9 Å². The highest BCUT2D eigenvalue weighted by Gasteiger charge is 2.26. The Morgan fingerprint density at radius 3 is 1.38 bits per heavy atom. The maximum absolute atomic E-state index is 12.8. The number of ether oxygens (including phenoxy) is 2. The lowest BCUT2D eigenvalue weighted by Gasteiger charge is -2.24. The smallest absolute Gasteiger partial charge is 0.457 e. The molecule has 0 aromatic carbocycles. The monoisotopic (exact) mass is 905 g/mol. The van der Waals surface area contributed by atoms with Crippen LogP contribution in [0.15, 0.2) is 72.9 Å². The summed E-state index contributed by atoms with van der Waals surface area (Å²) in [6.07, 6.45) is 60.9. The minimum absolute atomic E-state index is 0.0823. The first-order valence-electron chi connectivity index (χ1n) is 25.7. The van der Waals surface area contributed by atoms with Gasteiger partial charge in [-0.25, -0.2) is 4.57 Å². The molecular weight excluding hydrogens is 806 g/mol. The molecule has 0 amide bonds. The molecule has 366 valence electrons. The summed E-state index contributed by atoms with van der Waals surface area (Å²) in [6, 6.07) is 0. The largest absolute Gasteiger partial charge is 0.472 e. The molecule has 0 saturated carbocycles. The minimum atomic E-state index is -4.29. The summed E-state index contributed by atoms with van der Waals surface area (Å²) < 4.78 is 35.1. The van der Waals surface area contributed by atoms with Crippen molar-refractivity contribution >= 4 is 13.8 Å². The van der Waals surface area contributed by atoms with Crippen LogP contribution in [0, 0.1) is 0 Å². The number of rotatable bonds is 47. The van der Waals surface area contributed by atoms with Gasteiger partial charge in [0, 0.05) is 13.0 Å². The molecule has 63 heavy (non-hydrogen) atoms. The number of esters is 1. The van der Waals surface area contributed by atoms with Gasteiger partial charge in [-0.05, 0) is 64.2 Å². The van der Waals surface area contributed by atoms with Gasteiger partial charge in [0.15, 0.2) is 0 Å². The van der Waals surface area contributed by atoms with Gasteiger partial charge in [-0.1, -0.05) is 209 Å². The van der Waals surface area contributed by atoms with Crippen LogP contribution in [0.1, 0.15) is 206 Å². The molecule has 0 aromatic rings. The second-order valence-corrected chi connectivity index (χ2v) is 19.6. The van der Waals surface area contributed by atoms with Gasteiger partial charge >= 0.3 is 13.8 Å². The molecule has 0 aliphatic rings. The highest BCUT2D eigenvalue weighted by molar-refractivity contribution is 7.47. The highest BCUT2D eigenvalue weighted by atomic mass is 31.2. The van der Waals surface area contributed by atoms with Gasteiger partial charge in [0.1, 0.15) is 19.3 Å². The molecule has 1 N–H and O–H groups in total. The van der Waals surface area contributed by atoms with Crippen LogP contribution in [0.2, 0.25) is 0 Å². The number of quaternary nitrogens is 1. The molecule has 0 bridgehead atoms. The fourth-order valence-electron chi connectivity index (χ4n) is 6.85. The van der Waals surface area contributed by atoms with E-state index in [-0.39, 0.29) is 25.8 Å². The SMILES string of the molecule is CC/C=C\C/C=C\C/C=C\C/C=C\C/C=C\C/C=C\CCCCCCCOCC(COP(=O)(O)OCC[N+](C)(C)C)OC(=O)CCCCCCCCCCCCCCCCCCC. The molecular formula is C54H99NO7P+. The Balaban J connectivity index is 4.20. The van der Waals surface area contributed by atoms with E-state index in [1.54, 1.807) is 0 Å². The lowest BCUT2D eigenvalue weighted by atomic mass is 10.0. The second kappa shape index (κ2) is 46.5. The lowest BCUT2D eigenvalue weighted by molar-refractivity contribution is -0.870. The molecule has 0 aliphatic heterocycles. The molecule has 0 radical (unpaired) electrons. The molecule has 0 fully saturated rings. The zero-order valence-corrected chi connectivity index (χ0v) is 42.4. The number of likely N-dealkylation sites (N-methyl/N-ethyl adjacent to an activating group) is 1. The third kappa shape index (κ3) is 50.8. The van der Waals surface area contributed by atoms with Crippen LogP contribution in [0.5, 0.6) is 0 Å². The molecule has 9 heteroatoms. The Hall–Kier alpha value is -2.06. The number of nitrogens with zero attached hydrogens (tertiary/aromatic N) is 1. The number of phosphoric ester groups is 1. The van der Waals surface area contributed by atoms with Crippen molar-refractivity contribution in [2.75, 3.05) is 54.1 Å². The van der Waals surface area contributed by atoms with E-state index in [4.69, 9.17) is 18.5 Å². The van der Waals surface area contributed by atoms with Crippen molar-refractivity contribution in [3.05, 3.63) is 72.9 Å². The number of unbranched alkanes of at least 4 members (excludes halogenated alkanes) is 21. The van der Waals surface area contributed by atoms with Crippen molar-refractivity contribution in [2.24, 2.45) is 0 Å². The normalized spacial score (nSPS) is 14.2. The summed E-state index contributed by atoms with van der Waals surface area (Å²) in [4.78, 5) is 23.0. The Morgan fingerprint density at radius 1 is 0.508 bits per heavy atom. The van der Waals surface area contributed by atoms with E-state index >= 15 is 0 Å². The van der Waals surface area contributed by atoms with Crippen LogP contribution < -0.4 is 0 Å². The average Bonchev–Trinajstić information content (AvgIpc) is 3.24. The fourth-order valence-corrected chi connectivity index (χ4v) is 7.59. The fraction of sp³-hybridized carbons (Fsp3) is 0.759. The number of hydrogen-bond donors (Lipinski definition) is 1. The molecule has 0 heterocycles. The van der Waals surface area contributed by atoms with E-state index in [1.807, 2.05) is 21.1 Å². The summed E-state index contributed by atoms with van der Waals surface area (Å²) >= 11 is 0. The summed E-state index contributed by atoms with van der Waals surface area (Å²) in [5, 5.41) is 0. The molecule has 0 saturated heterocycles. The lowest BCUT2D eigenvalue weighted by Crippen LogP contribution is -2.37. The Labute approximate surface area is 389 Å². The molecule has 0 aliphatic carbocycles. The maximum atomic E-state index is 12.8. The zero-order valence-electron chi connectivity index (χ0n) is 41.5. The predicted molar refractivity (Wildman–Crippen MR) is 270 cm³/mol. The van der Waals surface area contributed by atoms with Gasteiger partial charge in [-0.2, -0.15) is 0 Å². The Morgan fingerprint density at radius 2 is 0.921 bits per heavy atom. The van der Waals surface area contributed by atoms with E-state index in [0.29, 0.717) is 24.1 Å². The summed E-state index contributed by atoms with van der Waals surface area (Å²) in [7, 11) is 1.65. The van der Waals surface area contributed by atoms with E-state index < -0.39 is 13.9 Å². The third-order valence-electron chi connectivity index (χ3n) is 10.8. The van der Waals surface area contributed by atoms with Crippen LogP contribution in [-0.2, 0) is 27.9 Å². The van der Waals surface area contributed by atoms with Crippen LogP contribution in [0.3, 0.4) is 0 Å². The van der Waals surface area contributed by atoms with E-state index in [0.717, 1.165) is 83.5 Å². The molecule has 0 spiro atoms. The van der Waals surface area contributed by atoms with Gasteiger partial charge in [-0.15, -0.1) is 0 Å². The van der Waals surface area contributed by atoms with Crippen LogP contribution in [0.4, 0.5) is 0 Å². The summed E-state index contributed by atoms with van der Waals surface area (Å²) in [5.41, 5.74) is 0. The molecule has 2 unspecified atom stereocenters. The Bertz CT molecular complexity index is 1230. The summed E-state index contributed by atoms with van der Waals surface area (Å²) in [6.45, 7) is 5.47. The summed E-state index contributed by atoms with van der Waals surface area (Å²) in [5.74, 6) is -0.321. The molecule has 0 rings (SSSR count). The maximum Gasteiger partial charge on any atom is 0.472 e. The first-order chi connectivity index (χ1) is 30.6. The topological polar surface area (TPSA) is 91.3 Å².